The second-order valence-corrected chi connectivity index (χ2v) is 6.24. The highest BCUT2D eigenvalue weighted by Gasteiger charge is 2.19. The Kier molecular flexibility index (Phi) is 7.25. The maximum Gasteiger partial charge on any atom is 0.0942 e. The lowest BCUT2D eigenvalue weighted by Crippen LogP contribution is -2.36. The van der Waals surface area contributed by atoms with E-state index >= 15 is 0 Å². The maximum atomic E-state index is 10.5. The largest absolute Gasteiger partial charge is 0.387 e. The molecule has 0 aliphatic heterocycles. The number of benzene rings is 1. The van der Waals surface area contributed by atoms with Gasteiger partial charge < -0.3 is 10.4 Å². The van der Waals surface area contributed by atoms with E-state index in [1.807, 2.05) is 0 Å². The Morgan fingerprint density at radius 1 is 0.950 bits per heavy atom. The molecule has 3 unspecified atom stereocenters. The Hall–Kier alpha value is -0.860. The summed E-state index contributed by atoms with van der Waals surface area (Å²) in [7, 11) is 0. The van der Waals surface area contributed by atoms with Gasteiger partial charge >= 0.3 is 0 Å². The summed E-state index contributed by atoms with van der Waals surface area (Å²) in [6.45, 7) is 11.9. The predicted octanol–water partition coefficient (Wildman–Crippen LogP) is 4.26. The molecule has 1 aromatic carbocycles. The molecular formula is C18H31NO. The van der Waals surface area contributed by atoms with Crippen LogP contribution in [-0.2, 0) is 0 Å². The van der Waals surface area contributed by atoms with Crippen molar-refractivity contribution in [2.24, 2.45) is 5.92 Å². The first-order valence-corrected chi connectivity index (χ1v) is 8.00. The summed E-state index contributed by atoms with van der Waals surface area (Å²) >= 11 is 0. The van der Waals surface area contributed by atoms with Crippen LogP contribution in [0, 0.1) is 5.92 Å². The molecule has 0 heterocycles. The third kappa shape index (κ3) is 4.92. The molecule has 2 heteroatoms. The van der Waals surface area contributed by atoms with Crippen LogP contribution in [0.1, 0.15) is 70.6 Å². The maximum absolute atomic E-state index is 10.5. The summed E-state index contributed by atoms with van der Waals surface area (Å²) in [6.07, 6.45) is 1.65. The van der Waals surface area contributed by atoms with Gasteiger partial charge in [0.05, 0.1) is 6.10 Å². The minimum Gasteiger partial charge on any atom is -0.387 e. The van der Waals surface area contributed by atoms with Gasteiger partial charge in [-0.05, 0) is 42.3 Å². The van der Waals surface area contributed by atoms with Crippen LogP contribution in [0.25, 0.3) is 0 Å². The first kappa shape index (κ1) is 17.2. The minimum atomic E-state index is -0.426. The van der Waals surface area contributed by atoms with Gasteiger partial charge in [-0.1, -0.05) is 58.9 Å². The van der Waals surface area contributed by atoms with Gasteiger partial charge in [0.1, 0.15) is 0 Å². The van der Waals surface area contributed by atoms with Gasteiger partial charge in [-0.2, -0.15) is 0 Å². The van der Waals surface area contributed by atoms with E-state index in [9.17, 15) is 5.11 Å². The molecule has 20 heavy (non-hydrogen) atoms. The average molecular weight is 277 g/mol. The standard InChI is InChI=1S/C18H31NO/c1-6-14(5)15-8-10-16(11-9-15)18(20)17(7-2)19-12-13(3)4/h8-11,13-14,17-20H,6-7,12H2,1-5H3. The molecule has 1 rings (SSSR count). The van der Waals surface area contributed by atoms with E-state index in [0.29, 0.717) is 11.8 Å². The van der Waals surface area contributed by atoms with Gasteiger partial charge in [-0.25, -0.2) is 0 Å². The van der Waals surface area contributed by atoms with Crippen LogP contribution in [0.4, 0.5) is 0 Å². The predicted molar refractivity (Wildman–Crippen MR) is 87.0 cm³/mol. The molecular weight excluding hydrogens is 246 g/mol. The zero-order chi connectivity index (χ0) is 15.1. The summed E-state index contributed by atoms with van der Waals surface area (Å²) < 4.78 is 0. The van der Waals surface area contributed by atoms with E-state index < -0.39 is 6.10 Å². The Morgan fingerprint density at radius 2 is 1.50 bits per heavy atom. The number of hydrogen-bond acceptors (Lipinski definition) is 2. The van der Waals surface area contributed by atoms with E-state index in [1.165, 1.54) is 5.56 Å². The zero-order valence-electron chi connectivity index (χ0n) is 13.7. The van der Waals surface area contributed by atoms with Crippen molar-refractivity contribution in [2.75, 3.05) is 6.54 Å². The number of nitrogens with one attached hydrogen (secondary N) is 1. The van der Waals surface area contributed by atoms with Gasteiger partial charge in [0.2, 0.25) is 0 Å². The van der Waals surface area contributed by atoms with Crippen molar-refractivity contribution >= 4 is 0 Å². The van der Waals surface area contributed by atoms with Crippen LogP contribution >= 0.6 is 0 Å². The topological polar surface area (TPSA) is 32.3 Å². The fourth-order valence-electron chi connectivity index (χ4n) is 2.36. The lowest BCUT2D eigenvalue weighted by Gasteiger charge is -2.24. The first-order valence-electron chi connectivity index (χ1n) is 8.00. The molecule has 0 bridgehead atoms. The molecule has 0 saturated heterocycles. The van der Waals surface area contributed by atoms with Crippen LogP contribution in [0.15, 0.2) is 24.3 Å². The summed E-state index contributed by atoms with van der Waals surface area (Å²) in [5.74, 6) is 1.19. The van der Waals surface area contributed by atoms with Gasteiger partial charge in [-0.3, -0.25) is 0 Å². The molecule has 2 N–H and O–H groups in total. The minimum absolute atomic E-state index is 0.131. The highest BCUT2D eigenvalue weighted by molar-refractivity contribution is 5.27. The van der Waals surface area contributed by atoms with Crippen molar-refractivity contribution in [1.82, 2.24) is 5.32 Å². The SMILES string of the molecule is CCC(C)c1ccc(C(O)C(CC)NCC(C)C)cc1. The molecule has 0 amide bonds. The molecule has 0 saturated carbocycles. The second kappa shape index (κ2) is 8.43. The number of hydrogen-bond donors (Lipinski definition) is 2. The van der Waals surface area contributed by atoms with Crippen molar-refractivity contribution in [3.8, 4) is 0 Å². The third-order valence-electron chi connectivity index (χ3n) is 4.07. The van der Waals surface area contributed by atoms with Gasteiger partial charge in [0, 0.05) is 6.04 Å². The zero-order valence-corrected chi connectivity index (χ0v) is 13.7. The number of aliphatic hydroxyl groups is 1. The second-order valence-electron chi connectivity index (χ2n) is 6.24. The van der Waals surface area contributed by atoms with E-state index in [1.54, 1.807) is 0 Å². The number of aliphatic hydroxyl groups excluding tert-OH is 1. The lowest BCUT2D eigenvalue weighted by molar-refractivity contribution is 0.124. The Morgan fingerprint density at radius 3 is 1.95 bits per heavy atom. The summed E-state index contributed by atoms with van der Waals surface area (Å²) in [6, 6.07) is 8.59. The van der Waals surface area contributed by atoms with Crippen molar-refractivity contribution in [3.63, 3.8) is 0 Å². The lowest BCUT2D eigenvalue weighted by atomic mass is 9.94. The molecule has 1 aromatic rings. The van der Waals surface area contributed by atoms with E-state index in [4.69, 9.17) is 0 Å². The normalized spacial score (nSPS) is 16.1. The Balaban J connectivity index is 2.71. The molecule has 0 spiro atoms. The van der Waals surface area contributed by atoms with Crippen molar-refractivity contribution < 1.29 is 5.11 Å². The molecule has 0 radical (unpaired) electrons. The van der Waals surface area contributed by atoms with Crippen LogP contribution in [0.2, 0.25) is 0 Å². The van der Waals surface area contributed by atoms with Crippen molar-refractivity contribution in [3.05, 3.63) is 35.4 Å². The molecule has 0 fully saturated rings. The third-order valence-corrected chi connectivity index (χ3v) is 4.07. The molecule has 0 aromatic heterocycles. The van der Waals surface area contributed by atoms with E-state index in [-0.39, 0.29) is 6.04 Å². The summed E-state index contributed by atoms with van der Waals surface area (Å²) in [5, 5.41) is 14.0. The average Bonchev–Trinajstić information content (AvgIpc) is 2.46. The van der Waals surface area contributed by atoms with Crippen molar-refractivity contribution in [2.45, 2.75) is 65.5 Å². The number of rotatable bonds is 8. The molecule has 2 nitrogen and oxygen atoms in total. The molecule has 0 aliphatic rings. The summed E-state index contributed by atoms with van der Waals surface area (Å²) in [4.78, 5) is 0. The Bertz CT molecular complexity index is 372. The summed E-state index contributed by atoms with van der Waals surface area (Å²) in [5.41, 5.74) is 2.37. The fraction of sp³-hybridized carbons (Fsp3) is 0.667. The van der Waals surface area contributed by atoms with E-state index in [0.717, 1.165) is 24.9 Å². The van der Waals surface area contributed by atoms with Gasteiger partial charge in [0.25, 0.3) is 0 Å². The molecule has 3 atom stereocenters. The quantitative estimate of drug-likeness (QED) is 0.744. The highest BCUT2D eigenvalue weighted by Crippen LogP contribution is 2.23. The van der Waals surface area contributed by atoms with Gasteiger partial charge in [-0.15, -0.1) is 0 Å². The monoisotopic (exact) mass is 277 g/mol. The van der Waals surface area contributed by atoms with Crippen LogP contribution in [0.5, 0.6) is 0 Å². The van der Waals surface area contributed by atoms with Crippen molar-refractivity contribution in [1.29, 1.82) is 0 Å². The van der Waals surface area contributed by atoms with Crippen LogP contribution < -0.4 is 5.32 Å². The first-order chi connectivity index (χ1) is 9.49. The molecule has 114 valence electrons. The van der Waals surface area contributed by atoms with E-state index in [2.05, 4.69) is 64.2 Å². The van der Waals surface area contributed by atoms with Crippen LogP contribution in [0.3, 0.4) is 0 Å². The Labute approximate surface area is 124 Å². The van der Waals surface area contributed by atoms with Gasteiger partial charge in [0.15, 0.2) is 0 Å². The highest BCUT2D eigenvalue weighted by atomic mass is 16.3. The fourth-order valence-corrected chi connectivity index (χ4v) is 2.36. The molecule has 0 aliphatic carbocycles. The smallest absolute Gasteiger partial charge is 0.0942 e. The van der Waals surface area contributed by atoms with Crippen LogP contribution in [-0.4, -0.2) is 17.7 Å².